The number of nitrogens with zero attached hydrogens (tertiary/aromatic N) is 3. The number of piperidine rings is 1. The summed E-state index contributed by atoms with van der Waals surface area (Å²) in [4.78, 5) is 18.1. The van der Waals surface area contributed by atoms with Crippen LogP contribution in [0.15, 0.2) is 29.2 Å². The molecule has 1 fully saturated rings. The molecule has 0 atom stereocenters. The van der Waals surface area contributed by atoms with Crippen LogP contribution in [-0.2, 0) is 6.54 Å². The van der Waals surface area contributed by atoms with Crippen LogP contribution in [0.5, 0.6) is 0 Å². The smallest absolute Gasteiger partial charge is 0.328 e. The lowest BCUT2D eigenvalue weighted by Crippen LogP contribution is -2.41. The second-order valence-electron chi connectivity index (χ2n) is 5.57. The Balaban J connectivity index is 1.81. The first kappa shape index (κ1) is 14.2. The van der Waals surface area contributed by atoms with Crippen LogP contribution < -0.4 is 11.4 Å². The fraction of sp³-hybridized carbons (Fsp3) is 0.467. The van der Waals surface area contributed by atoms with Crippen LogP contribution >= 0.6 is 0 Å². The van der Waals surface area contributed by atoms with Gasteiger partial charge in [-0.15, -0.1) is 0 Å². The van der Waals surface area contributed by atoms with Crippen LogP contribution in [-0.4, -0.2) is 40.1 Å². The van der Waals surface area contributed by atoms with Gasteiger partial charge >= 0.3 is 5.69 Å². The molecule has 112 valence electrons. The van der Waals surface area contributed by atoms with Gasteiger partial charge in [0, 0.05) is 30.7 Å². The Kier molecular flexibility index (Phi) is 3.98. The fourth-order valence-electron chi connectivity index (χ4n) is 2.79. The predicted octanol–water partition coefficient (Wildman–Crippen LogP) is 0.959. The average molecular weight is 290 g/mol. The number of fused-ring (bicyclic) bond motifs is 1. The lowest BCUT2D eigenvalue weighted by molar-refractivity contribution is 0.206. The van der Waals surface area contributed by atoms with Crippen molar-refractivity contribution < 1.29 is 4.39 Å². The summed E-state index contributed by atoms with van der Waals surface area (Å²) in [6, 6.07) is 4.71. The van der Waals surface area contributed by atoms with Crippen LogP contribution in [0, 0.1) is 5.82 Å². The summed E-state index contributed by atoms with van der Waals surface area (Å²) in [6.07, 6.45) is 3.46. The van der Waals surface area contributed by atoms with Crippen LogP contribution in [0.4, 0.5) is 4.39 Å². The monoisotopic (exact) mass is 290 g/mol. The van der Waals surface area contributed by atoms with Crippen LogP contribution in [0.2, 0.25) is 0 Å². The molecule has 1 aromatic carbocycles. The van der Waals surface area contributed by atoms with Gasteiger partial charge in [-0.2, -0.15) is 0 Å². The average Bonchev–Trinajstić information content (AvgIpc) is 2.48. The van der Waals surface area contributed by atoms with E-state index in [2.05, 4.69) is 9.88 Å². The zero-order valence-electron chi connectivity index (χ0n) is 11.8. The number of nitrogens with two attached hydrogens (primary N) is 1. The molecule has 1 aliphatic heterocycles. The third-order valence-corrected chi connectivity index (χ3v) is 4.10. The van der Waals surface area contributed by atoms with Gasteiger partial charge in [-0.1, -0.05) is 0 Å². The van der Waals surface area contributed by atoms with Gasteiger partial charge in [0.25, 0.3) is 0 Å². The van der Waals surface area contributed by atoms with E-state index in [9.17, 15) is 9.18 Å². The summed E-state index contributed by atoms with van der Waals surface area (Å²) in [5.41, 5.74) is 6.15. The molecule has 0 unspecified atom stereocenters. The van der Waals surface area contributed by atoms with Gasteiger partial charge in [-0.25, -0.2) is 14.2 Å². The van der Waals surface area contributed by atoms with E-state index < -0.39 is 0 Å². The number of aromatic nitrogens is 2. The SMILES string of the molecule is NC1CCN(CCn2c(=O)ncc3ccc(F)cc32)CC1. The molecule has 0 spiro atoms. The van der Waals surface area contributed by atoms with E-state index in [0.29, 0.717) is 12.1 Å². The van der Waals surface area contributed by atoms with Gasteiger partial charge in [0.2, 0.25) is 0 Å². The molecule has 0 radical (unpaired) electrons. The molecule has 21 heavy (non-hydrogen) atoms. The zero-order valence-corrected chi connectivity index (χ0v) is 11.8. The van der Waals surface area contributed by atoms with E-state index in [4.69, 9.17) is 5.73 Å². The highest BCUT2D eigenvalue weighted by Crippen LogP contribution is 2.13. The minimum atomic E-state index is -0.342. The summed E-state index contributed by atoms with van der Waals surface area (Å²) in [6.45, 7) is 3.16. The Hall–Kier alpha value is -1.79. The number of hydrogen-bond donors (Lipinski definition) is 1. The van der Waals surface area contributed by atoms with Crippen molar-refractivity contribution in [3.8, 4) is 0 Å². The summed E-state index contributed by atoms with van der Waals surface area (Å²) in [5.74, 6) is -0.342. The first-order valence-electron chi connectivity index (χ1n) is 7.26. The van der Waals surface area contributed by atoms with E-state index in [1.807, 2.05) is 0 Å². The minimum Gasteiger partial charge on any atom is -0.328 e. The van der Waals surface area contributed by atoms with Crippen LogP contribution in [0.25, 0.3) is 10.9 Å². The molecular formula is C15H19FN4O. The maximum atomic E-state index is 13.4. The Labute approximate surface area is 122 Å². The number of likely N-dealkylation sites (tertiary alicyclic amines) is 1. The van der Waals surface area contributed by atoms with Gasteiger partial charge in [0.05, 0.1) is 5.52 Å². The van der Waals surface area contributed by atoms with Crippen molar-refractivity contribution in [2.24, 2.45) is 5.73 Å². The molecule has 1 aliphatic rings. The fourth-order valence-corrected chi connectivity index (χ4v) is 2.79. The van der Waals surface area contributed by atoms with Crippen molar-refractivity contribution in [1.82, 2.24) is 14.5 Å². The molecule has 0 saturated carbocycles. The summed E-state index contributed by atoms with van der Waals surface area (Å²) in [5, 5.41) is 0.775. The Morgan fingerprint density at radius 2 is 2.05 bits per heavy atom. The van der Waals surface area contributed by atoms with Gasteiger partial charge in [0.1, 0.15) is 5.82 Å². The normalized spacial score (nSPS) is 17.4. The third-order valence-electron chi connectivity index (χ3n) is 4.10. The van der Waals surface area contributed by atoms with Crippen molar-refractivity contribution in [2.45, 2.75) is 25.4 Å². The van der Waals surface area contributed by atoms with E-state index in [1.165, 1.54) is 18.3 Å². The predicted molar refractivity (Wildman–Crippen MR) is 79.6 cm³/mol. The second kappa shape index (κ2) is 5.91. The molecule has 3 rings (SSSR count). The summed E-state index contributed by atoms with van der Waals surface area (Å²) >= 11 is 0. The lowest BCUT2D eigenvalue weighted by Gasteiger charge is -2.30. The topological polar surface area (TPSA) is 64.2 Å². The Morgan fingerprint density at radius 1 is 1.29 bits per heavy atom. The third kappa shape index (κ3) is 3.11. The molecule has 2 heterocycles. The second-order valence-corrected chi connectivity index (χ2v) is 5.57. The molecule has 1 aromatic heterocycles. The van der Waals surface area contributed by atoms with E-state index >= 15 is 0 Å². The Morgan fingerprint density at radius 3 is 2.81 bits per heavy atom. The summed E-state index contributed by atoms with van der Waals surface area (Å²) < 4.78 is 15.0. The molecule has 0 bridgehead atoms. The molecule has 1 saturated heterocycles. The molecule has 0 aliphatic carbocycles. The Bertz CT molecular complexity index is 692. The van der Waals surface area contributed by atoms with Gasteiger partial charge in [-0.05, 0) is 44.1 Å². The quantitative estimate of drug-likeness (QED) is 0.914. The number of rotatable bonds is 3. The van der Waals surface area contributed by atoms with E-state index in [1.54, 1.807) is 10.6 Å². The van der Waals surface area contributed by atoms with E-state index in [0.717, 1.165) is 37.9 Å². The highest BCUT2D eigenvalue weighted by molar-refractivity contribution is 5.77. The minimum absolute atomic E-state index is 0.289. The van der Waals surface area contributed by atoms with Gasteiger partial charge in [0.15, 0.2) is 0 Å². The van der Waals surface area contributed by atoms with Crippen molar-refractivity contribution >= 4 is 10.9 Å². The molecule has 6 heteroatoms. The number of benzene rings is 1. The summed E-state index contributed by atoms with van der Waals surface area (Å²) in [7, 11) is 0. The van der Waals surface area contributed by atoms with Crippen molar-refractivity contribution in [1.29, 1.82) is 0 Å². The molecule has 2 aromatic rings. The number of hydrogen-bond acceptors (Lipinski definition) is 4. The molecule has 0 amide bonds. The van der Waals surface area contributed by atoms with Crippen molar-refractivity contribution in [3.63, 3.8) is 0 Å². The molecule has 2 N–H and O–H groups in total. The van der Waals surface area contributed by atoms with Crippen LogP contribution in [0.1, 0.15) is 12.8 Å². The van der Waals surface area contributed by atoms with Crippen molar-refractivity contribution in [2.75, 3.05) is 19.6 Å². The number of halogens is 1. The van der Waals surface area contributed by atoms with E-state index in [-0.39, 0.29) is 17.5 Å². The van der Waals surface area contributed by atoms with Crippen LogP contribution in [0.3, 0.4) is 0 Å². The lowest BCUT2D eigenvalue weighted by atomic mass is 10.1. The van der Waals surface area contributed by atoms with Crippen molar-refractivity contribution in [3.05, 3.63) is 40.7 Å². The highest BCUT2D eigenvalue weighted by Gasteiger charge is 2.16. The highest BCUT2D eigenvalue weighted by atomic mass is 19.1. The van der Waals surface area contributed by atoms with Gasteiger partial charge < -0.3 is 10.6 Å². The molecular weight excluding hydrogens is 271 g/mol. The maximum absolute atomic E-state index is 13.4. The standard InChI is InChI=1S/C15H19FN4O/c16-12-2-1-11-10-18-15(21)20(14(11)9-12)8-7-19-5-3-13(17)4-6-19/h1-2,9-10,13H,3-8,17H2. The first-order valence-corrected chi connectivity index (χ1v) is 7.26. The van der Waals surface area contributed by atoms with Gasteiger partial charge in [-0.3, -0.25) is 4.57 Å². The molecule has 5 nitrogen and oxygen atoms in total. The largest absolute Gasteiger partial charge is 0.348 e. The maximum Gasteiger partial charge on any atom is 0.348 e. The first-order chi connectivity index (χ1) is 10.1. The zero-order chi connectivity index (χ0) is 14.8.